The quantitative estimate of drug-likeness (QED) is 0.926. The Balaban J connectivity index is 1.83. The maximum Gasteiger partial charge on any atom is 0.244 e. The second-order valence-corrected chi connectivity index (χ2v) is 6.20. The van der Waals surface area contributed by atoms with Crippen LogP contribution in [-0.2, 0) is 4.79 Å². The maximum atomic E-state index is 12.4. The Morgan fingerprint density at radius 3 is 2.86 bits per heavy atom. The minimum Gasteiger partial charge on any atom is -0.358 e. The largest absolute Gasteiger partial charge is 0.358 e. The molecule has 6 heteroatoms. The summed E-state index contributed by atoms with van der Waals surface area (Å²) in [6.07, 6.45) is 3.72. The lowest BCUT2D eigenvalue weighted by atomic mass is 10.2. The van der Waals surface area contributed by atoms with E-state index in [-0.39, 0.29) is 11.9 Å². The first-order chi connectivity index (χ1) is 10.1. The van der Waals surface area contributed by atoms with Gasteiger partial charge in [-0.25, -0.2) is 9.97 Å². The second kappa shape index (κ2) is 5.97. The molecule has 2 heterocycles. The van der Waals surface area contributed by atoms with Crippen molar-refractivity contribution in [1.82, 2.24) is 14.9 Å². The molecule has 2 aromatic rings. The van der Waals surface area contributed by atoms with Crippen LogP contribution in [0.5, 0.6) is 0 Å². The van der Waals surface area contributed by atoms with Crippen molar-refractivity contribution < 1.29 is 4.79 Å². The summed E-state index contributed by atoms with van der Waals surface area (Å²) < 4.78 is 0.964. The predicted molar refractivity (Wildman–Crippen MR) is 86.1 cm³/mol. The Morgan fingerprint density at radius 2 is 2.10 bits per heavy atom. The van der Waals surface area contributed by atoms with Gasteiger partial charge < -0.3 is 10.2 Å². The van der Waals surface area contributed by atoms with E-state index in [0.717, 1.165) is 41.3 Å². The summed E-state index contributed by atoms with van der Waals surface area (Å²) in [4.78, 5) is 22.8. The summed E-state index contributed by atoms with van der Waals surface area (Å²) in [7, 11) is 0. The van der Waals surface area contributed by atoms with E-state index in [9.17, 15) is 4.79 Å². The van der Waals surface area contributed by atoms with Crippen molar-refractivity contribution >= 4 is 38.6 Å². The lowest BCUT2D eigenvalue weighted by molar-refractivity contribution is -0.130. The monoisotopic (exact) mass is 348 g/mol. The number of rotatable bonds is 3. The Labute approximate surface area is 131 Å². The third kappa shape index (κ3) is 3.00. The molecule has 1 N–H and O–H groups in total. The molecule has 1 saturated heterocycles. The van der Waals surface area contributed by atoms with E-state index in [0.29, 0.717) is 5.82 Å². The summed E-state index contributed by atoms with van der Waals surface area (Å²) in [5.41, 5.74) is 0.858. The van der Waals surface area contributed by atoms with Crippen molar-refractivity contribution in [3.05, 3.63) is 29.0 Å². The molecular formula is C15H17BrN4O. The Bertz CT molecular complexity index is 670. The van der Waals surface area contributed by atoms with Crippen LogP contribution in [0.2, 0.25) is 0 Å². The van der Waals surface area contributed by atoms with Gasteiger partial charge in [0.05, 0.1) is 5.52 Å². The van der Waals surface area contributed by atoms with Gasteiger partial charge in [-0.2, -0.15) is 0 Å². The zero-order valence-corrected chi connectivity index (χ0v) is 13.4. The van der Waals surface area contributed by atoms with Gasteiger partial charge in [-0.3, -0.25) is 4.79 Å². The Morgan fingerprint density at radius 1 is 1.33 bits per heavy atom. The van der Waals surface area contributed by atoms with Crippen molar-refractivity contribution in [3.8, 4) is 0 Å². The SMILES string of the molecule is C[C@H](Nc1ncnc2ccc(Br)cc12)C(=O)N1CCCC1. The third-order valence-corrected chi connectivity index (χ3v) is 4.23. The highest BCUT2D eigenvalue weighted by Crippen LogP contribution is 2.24. The fraction of sp³-hybridized carbons (Fsp3) is 0.400. The van der Waals surface area contributed by atoms with Crippen LogP contribution >= 0.6 is 15.9 Å². The van der Waals surface area contributed by atoms with E-state index in [1.165, 1.54) is 6.33 Å². The van der Waals surface area contributed by atoms with Gasteiger partial charge in [-0.1, -0.05) is 15.9 Å². The van der Waals surface area contributed by atoms with Gasteiger partial charge in [0.15, 0.2) is 0 Å². The van der Waals surface area contributed by atoms with Crippen LogP contribution in [0.25, 0.3) is 10.9 Å². The molecule has 1 amide bonds. The maximum absolute atomic E-state index is 12.4. The minimum absolute atomic E-state index is 0.134. The molecule has 1 aliphatic rings. The molecule has 1 aromatic carbocycles. The van der Waals surface area contributed by atoms with Crippen LogP contribution in [-0.4, -0.2) is 39.9 Å². The van der Waals surface area contributed by atoms with Crippen LogP contribution in [0.1, 0.15) is 19.8 Å². The van der Waals surface area contributed by atoms with Crippen LogP contribution < -0.4 is 5.32 Å². The highest BCUT2D eigenvalue weighted by Gasteiger charge is 2.23. The minimum atomic E-state index is -0.291. The topological polar surface area (TPSA) is 58.1 Å². The number of carbonyl (C=O) groups excluding carboxylic acids is 1. The van der Waals surface area contributed by atoms with E-state index in [2.05, 4.69) is 31.2 Å². The number of fused-ring (bicyclic) bond motifs is 1. The van der Waals surface area contributed by atoms with Crippen LogP contribution in [0, 0.1) is 0 Å². The summed E-state index contributed by atoms with van der Waals surface area (Å²) in [5, 5.41) is 4.14. The number of hydrogen-bond donors (Lipinski definition) is 1. The number of benzene rings is 1. The normalized spacial score (nSPS) is 16.2. The van der Waals surface area contributed by atoms with Crippen molar-refractivity contribution in [1.29, 1.82) is 0 Å². The van der Waals surface area contributed by atoms with Gasteiger partial charge in [0.25, 0.3) is 0 Å². The van der Waals surface area contributed by atoms with Gasteiger partial charge in [0, 0.05) is 22.9 Å². The van der Waals surface area contributed by atoms with Gasteiger partial charge in [0.1, 0.15) is 18.2 Å². The molecule has 1 aliphatic heterocycles. The average Bonchev–Trinajstić information content (AvgIpc) is 3.01. The predicted octanol–water partition coefficient (Wildman–Crippen LogP) is 2.82. The lowest BCUT2D eigenvalue weighted by Gasteiger charge is -2.21. The van der Waals surface area contributed by atoms with Gasteiger partial charge >= 0.3 is 0 Å². The van der Waals surface area contributed by atoms with Gasteiger partial charge in [0.2, 0.25) is 5.91 Å². The molecule has 0 radical (unpaired) electrons. The number of aromatic nitrogens is 2. The smallest absolute Gasteiger partial charge is 0.244 e. The molecule has 5 nitrogen and oxygen atoms in total. The van der Waals surface area contributed by atoms with Crippen molar-refractivity contribution in [2.75, 3.05) is 18.4 Å². The molecule has 0 bridgehead atoms. The lowest BCUT2D eigenvalue weighted by Crippen LogP contribution is -2.39. The number of anilines is 1. The van der Waals surface area contributed by atoms with Crippen LogP contribution in [0.3, 0.4) is 0 Å². The summed E-state index contributed by atoms with van der Waals surface area (Å²) >= 11 is 3.46. The first-order valence-electron chi connectivity index (χ1n) is 7.11. The van der Waals surface area contributed by atoms with Crippen LogP contribution in [0.4, 0.5) is 5.82 Å². The van der Waals surface area contributed by atoms with E-state index >= 15 is 0 Å². The molecule has 0 unspecified atom stereocenters. The van der Waals surface area contributed by atoms with Crippen molar-refractivity contribution in [2.45, 2.75) is 25.8 Å². The number of halogens is 1. The zero-order chi connectivity index (χ0) is 14.8. The molecule has 110 valence electrons. The number of carbonyl (C=O) groups is 1. The van der Waals surface area contributed by atoms with Gasteiger partial charge in [-0.05, 0) is 38.0 Å². The highest BCUT2D eigenvalue weighted by atomic mass is 79.9. The van der Waals surface area contributed by atoms with E-state index in [4.69, 9.17) is 0 Å². The molecule has 1 atom stereocenters. The second-order valence-electron chi connectivity index (χ2n) is 5.28. The molecule has 1 aromatic heterocycles. The number of nitrogens with one attached hydrogen (secondary N) is 1. The standard InChI is InChI=1S/C15H17BrN4O/c1-10(15(21)20-6-2-3-7-20)19-14-12-8-11(16)4-5-13(12)17-9-18-14/h4-5,8-10H,2-3,6-7H2,1H3,(H,17,18,19)/t10-/m0/s1. The van der Waals surface area contributed by atoms with Gasteiger partial charge in [-0.15, -0.1) is 0 Å². The molecule has 3 rings (SSSR count). The first-order valence-corrected chi connectivity index (χ1v) is 7.90. The summed E-state index contributed by atoms with van der Waals surface area (Å²) in [6.45, 7) is 3.61. The number of hydrogen-bond acceptors (Lipinski definition) is 4. The molecule has 0 saturated carbocycles. The zero-order valence-electron chi connectivity index (χ0n) is 11.8. The highest BCUT2D eigenvalue weighted by molar-refractivity contribution is 9.10. The fourth-order valence-corrected chi connectivity index (χ4v) is 2.98. The Hall–Kier alpha value is -1.69. The fourth-order valence-electron chi connectivity index (χ4n) is 2.62. The molecule has 0 spiro atoms. The van der Waals surface area contributed by atoms with E-state index in [1.807, 2.05) is 30.0 Å². The number of likely N-dealkylation sites (tertiary alicyclic amines) is 1. The molecule has 1 fully saturated rings. The van der Waals surface area contributed by atoms with Crippen LogP contribution in [0.15, 0.2) is 29.0 Å². The van der Waals surface area contributed by atoms with E-state index < -0.39 is 0 Å². The summed E-state index contributed by atoms with van der Waals surface area (Å²) in [5.74, 6) is 0.829. The van der Waals surface area contributed by atoms with Crippen molar-refractivity contribution in [3.63, 3.8) is 0 Å². The summed E-state index contributed by atoms with van der Waals surface area (Å²) in [6, 6.07) is 5.54. The number of amides is 1. The third-order valence-electron chi connectivity index (χ3n) is 3.74. The average molecular weight is 349 g/mol. The number of nitrogens with zero attached hydrogens (tertiary/aromatic N) is 3. The van der Waals surface area contributed by atoms with E-state index in [1.54, 1.807) is 0 Å². The Kier molecular flexibility index (Phi) is 4.05. The van der Waals surface area contributed by atoms with Crippen molar-refractivity contribution in [2.24, 2.45) is 0 Å². The first kappa shape index (κ1) is 14.3. The molecular weight excluding hydrogens is 332 g/mol. The molecule has 0 aliphatic carbocycles. The molecule has 21 heavy (non-hydrogen) atoms.